The van der Waals surface area contributed by atoms with Crippen LogP contribution in [0, 0.1) is 0 Å². The van der Waals surface area contributed by atoms with Gasteiger partial charge in [0.05, 0.1) is 0 Å². The first-order valence-electron chi connectivity index (χ1n) is 18.9. The Hall–Kier alpha value is -7.14. The fourth-order valence-corrected chi connectivity index (χ4v) is 9.53. The maximum absolute atomic E-state index is 6.67. The van der Waals surface area contributed by atoms with Gasteiger partial charge in [0.1, 0.15) is 22.3 Å². The van der Waals surface area contributed by atoms with E-state index in [2.05, 4.69) is 193 Å². The second kappa shape index (κ2) is 12.2. The summed E-state index contributed by atoms with van der Waals surface area (Å²) in [5.41, 5.74) is 10.2. The highest BCUT2D eigenvalue weighted by Gasteiger charge is 2.19. The molecule has 3 heterocycles. The van der Waals surface area contributed by atoms with Crippen LogP contribution in [0.4, 0.5) is 17.1 Å². The number of furan rings is 2. The smallest absolute Gasteiger partial charge is 0.143 e. The molecule has 0 N–H and O–H groups in total. The highest BCUT2D eigenvalue weighted by Crippen LogP contribution is 2.43. The van der Waals surface area contributed by atoms with Crippen molar-refractivity contribution in [3.8, 4) is 21.6 Å². The molecule has 12 rings (SSSR count). The zero-order valence-electron chi connectivity index (χ0n) is 30.1. The molecule has 0 spiro atoms. The molecule has 0 aliphatic heterocycles. The maximum Gasteiger partial charge on any atom is 0.143 e. The summed E-state index contributed by atoms with van der Waals surface area (Å²) in [7, 11) is 0. The summed E-state index contributed by atoms with van der Waals surface area (Å²) in [6.07, 6.45) is 0. The second-order valence-electron chi connectivity index (χ2n) is 14.5. The minimum absolute atomic E-state index is 0.852. The number of thiophene rings is 1. The van der Waals surface area contributed by atoms with Gasteiger partial charge in [0.2, 0.25) is 0 Å². The number of nitrogens with zero attached hydrogens (tertiary/aromatic N) is 1. The van der Waals surface area contributed by atoms with E-state index in [0.29, 0.717) is 0 Å². The molecule has 0 fully saturated rings. The van der Waals surface area contributed by atoms with Crippen molar-refractivity contribution in [2.45, 2.75) is 0 Å². The van der Waals surface area contributed by atoms with Gasteiger partial charge < -0.3 is 13.7 Å². The monoisotopic (exact) mass is 733 g/mol. The number of hydrogen-bond acceptors (Lipinski definition) is 4. The highest BCUT2D eigenvalue weighted by molar-refractivity contribution is 7.22. The minimum atomic E-state index is 0.852. The van der Waals surface area contributed by atoms with E-state index in [1.807, 2.05) is 11.3 Å². The van der Waals surface area contributed by atoms with Crippen molar-refractivity contribution < 1.29 is 8.83 Å². The summed E-state index contributed by atoms with van der Waals surface area (Å²) in [5.74, 6) is 0. The molecule has 0 aliphatic rings. The summed E-state index contributed by atoms with van der Waals surface area (Å²) in [5, 5.41) is 10.3. The maximum atomic E-state index is 6.67. The van der Waals surface area contributed by atoms with Crippen molar-refractivity contribution >= 4 is 104 Å². The van der Waals surface area contributed by atoms with Crippen molar-refractivity contribution in [1.82, 2.24) is 0 Å². The Bertz CT molecular complexity index is 3290. The zero-order valence-corrected chi connectivity index (χ0v) is 30.9. The van der Waals surface area contributed by atoms with Crippen LogP contribution in [-0.4, -0.2) is 0 Å². The van der Waals surface area contributed by atoms with Gasteiger partial charge in [-0.15, -0.1) is 11.3 Å². The van der Waals surface area contributed by atoms with Crippen LogP contribution in [0.1, 0.15) is 0 Å². The average molecular weight is 734 g/mol. The van der Waals surface area contributed by atoms with Crippen LogP contribution in [0.25, 0.3) is 97.1 Å². The third-order valence-electron chi connectivity index (χ3n) is 11.3. The lowest BCUT2D eigenvalue weighted by atomic mass is 10.0. The number of rotatable bonds is 5. The van der Waals surface area contributed by atoms with Crippen molar-refractivity contribution in [3.05, 3.63) is 188 Å². The number of hydrogen-bond donors (Lipinski definition) is 0. The molecule has 56 heavy (non-hydrogen) atoms. The molecule has 0 saturated heterocycles. The van der Waals surface area contributed by atoms with E-state index < -0.39 is 0 Å². The van der Waals surface area contributed by atoms with Crippen LogP contribution < -0.4 is 4.90 Å². The van der Waals surface area contributed by atoms with Crippen molar-refractivity contribution in [3.63, 3.8) is 0 Å². The lowest BCUT2D eigenvalue weighted by Crippen LogP contribution is -2.09. The van der Waals surface area contributed by atoms with Crippen LogP contribution >= 0.6 is 11.3 Å². The van der Waals surface area contributed by atoms with E-state index >= 15 is 0 Å². The Balaban J connectivity index is 0.974. The molecule has 9 aromatic carbocycles. The van der Waals surface area contributed by atoms with E-state index in [1.165, 1.54) is 36.9 Å². The second-order valence-corrected chi connectivity index (χ2v) is 15.6. The van der Waals surface area contributed by atoms with Crippen LogP contribution in [0.5, 0.6) is 0 Å². The van der Waals surface area contributed by atoms with Crippen molar-refractivity contribution in [2.75, 3.05) is 4.90 Å². The first-order chi connectivity index (χ1) is 27.7. The Morgan fingerprint density at radius 1 is 0.339 bits per heavy atom. The van der Waals surface area contributed by atoms with Crippen LogP contribution in [0.3, 0.4) is 0 Å². The molecule has 0 bridgehead atoms. The predicted octanol–water partition coefficient (Wildman–Crippen LogP) is 15.8. The van der Waals surface area contributed by atoms with Gasteiger partial charge in [0, 0.05) is 71.1 Å². The number of anilines is 3. The fraction of sp³-hybridized carbons (Fsp3) is 0. The summed E-state index contributed by atoms with van der Waals surface area (Å²) < 4.78 is 14.7. The van der Waals surface area contributed by atoms with Gasteiger partial charge in [0.15, 0.2) is 0 Å². The number of fused-ring (bicyclic) bond motifs is 11. The van der Waals surface area contributed by atoms with Gasteiger partial charge in [-0.05, 0) is 93.5 Å². The quantitative estimate of drug-likeness (QED) is 0.176. The van der Waals surface area contributed by atoms with Crippen molar-refractivity contribution in [1.29, 1.82) is 0 Å². The van der Waals surface area contributed by atoms with Gasteiger partial charge in [-0.2, -0.15) is 0 Å². The molecule has 4 heteroatoms. The van der Waals surface area contributed by atoms with Gasteiger partial charge in [-0.3, -0.25) is 0 Å². The molecule has 0 radical (unpaired) electrons. The lowest BCUT2D eigenvalue weighted by molar-refractivity contribution is 0.672. The van der Waals surface area contributed by atoms with E-state index in [4.69, 9.17) is 8.83 Å². The Morgan fingerprint density at radius 2 is 0.804 bits per heavy atom. The summed E-state index contributed by atoms with van der Waals surface area (Å²) in [4.78, 5) is 3.58. The zero-order chi connectivity index (χ0) is 36.7. The SMILES string of the molecule is c1ccc2sc(-c3ccc(-c4ccc(N(c5ccc6c(c5)oc5c7ccccc7ccc65)c5ccc6c(c5)oc5c7ccccc7ccc65)cc4)cc3)cc2c1. The van der Waals surface area contributed by atoms with Crippen LogP contribution in [0.2, 0.25) is 0 Å². The van der Waals surface area contributed by atoms with E-state index in [0.717, 1.165) is 77.3 Å². The topological polar surface area (TPSA) is 29.5 Å². The highest BCUT2D eigenvalue weighted by atomic mass is 32.1. The molecule has 0 saturated carbocycles. The molecule has 262 valence electrons. The normalized spacial score (nSPS) is 11.9. The predicted molar refractivity (Wildman–Crippen MR) is 237 cm³/mol. The molecule has 0 unspecified atom stereocenters. The summed E-state index contributed by atoms with van der Waals surface area (Å²) in [6.45, 7) is 0. The third kappa shape index (κ3) is 4.90. The first kappa shape index (κ1) is 31.2. The molecular weight excluding hydrogens is 703 g/mol. The Morgan fingerprint density at radius 3 is 1.38 bits per heavy atom. The molecular formula is C52H31NO2S. The van der Waals surface area contributed by atoms with Crippen LogP contribution in [-0.2, 0) is 0 Å². The van der Waals surface area contributed by atoms with Gasteiger partial charge in [-0.1, -0.05) is 115 Å². The third-order valence-corrected chi connectivity index (χ3v) is 12.4. The lowest BCUT2D eigenvalue weighted by Gasteiger charge is -2.25. The molecule has 12 aromatic rings. The summed E-state index contributed by atoms with van der Waals surface area (Å²) in [6, 6.07) is 67.3. The van der Waals surface area contributed by atoms with E-state index in [-0.39, 0.29) is 0 Å². The first-order valence-corrected chi connectivity index (χ1v) is 19.7. The van der Waals surface area contributed by atoms with Gasteiger partial charge >= 0.3 is 0 Å². The van der Waals surface area contributed by atoms with E-state index in [9.17, 15) is 0 Å². The van der Waals surface area contributed by atoms with E-state index in [1.54, 1.807) is 0 Å². The van der Waals surface area contributed by atoms with Crippen molar-refractivity contribution in [2.24, 2.45) is 0 Å². The minimum Gasteiger partial charge on any atom is -0.455 e. The molecule has 0 atom stereocenters. The summed E-state index contributed by atoms with van der Waals surface area (Å²) >= 11 is 1.84. The average Bonchev–Trinajstić information content (AvgIpc) is 3.97. The van der Waals surface area contributed by atoms with Gasteiger partial charge in [0.25, 0.3) is 0 Å². The Kier molecular flexibility index (Phi) is 6.80. The van der Waals surface area contributed by atoms with Crippen LogP contribution in [0.15, 0.2) is 197 Å². The fourth-order valence-electron chi connectivity index (χ4n) is 8.47. The van der Waals surface area contributed by atoms with Gasteiger partial charge in [-0.25, -0.2) is 0 Å². The number of benzene rings is 9. The largest absolute Gasteiger partial charge is 0.455 e. The Labute approximate surface area is 325 Å². The molecule has 0 amide bonds. The molecule has 3 aromatic heterocycles. The standard InChI is InChI=1S/C52H31NO2S/c1-4-10-41-34(7-1)19-25-45-43-27-23-39(30-47(43)54-51(41)45)53(40-24-28-44-46-26-20-35-8-2-5-11-42(35)52(46)55-48(44)31-40)38-21-17-33(18-22-38)32-13-15-36(16-14-32)50-29-37-9-3-6-12-49(37)56-50/h1-31H. The molecule has 0 aliphatic carbocycles. The molecule has 3 nitrogen and oxygen atoms in total.